The van der Waals surface area contributed by atoms with Crippen LogP contribution in [0.2, 0.25) is 0 Å². The lowest BCUT2D eigenvalue weighted by Gasteiger charge is -2.17. The van der Waals surface area contributed by atoms with Crippen LogP contribution in [-0.4, -0.2) is 9.97 Å². The van der Waals surface area contributed by atoms with Gasteiger partial charge in [-0.2, -0.15) is 0 Å². The molecule has 0 aliphatic rings. The third-order valence-electron chi connectivity index (χ3n) is 2.86. The van der Waals surface area contributed by atoms with E-state index in [9.17, 15) is 0 Å². The van der Waals surface area contributed by atoms with Crippen LogP contribution in [0, 0.1) is 13.8 Å². The summed E-state index contributed by atoms with van der Waals surface area (Å²) >= 11 is 5.57. The molecule has 0 fully saturated rings. The molecule has 0 aromatic carbocycles. The third kappa shape index (κ3) is 2.75. The van der Waals surface area contributed by atoms with Crippen LogP contribution in [0.25, 0.3) is 0 Å². The maximum absolute atomic E-state index is 4.48. The summed E-state index contributed by atoms with van der Waals surface area (Å²) in [6.45, 7) is 6.35. The van der Waals surface area contributed by atoms with Crippen LogP contribution in [0.3, 0.4) is 0 Å². The quantitative estimate of drug-likeness (QED) is 0.785. The standard InChI is InChI=1S/C13H15BrN2S/c1-8(11-4-6-15-7-5-11)12(14)13-9(2)16-10(3)17-13/h4-8,12H,1-3H3. The SMILES string of the molecule is Cc1nc(C)c(C(Br)C(C)c2ccncc2)s1. The van der Waals surface area contributed by atoms with Crippen LogP contribution >= 0.6 is 27.3 Å². The van der Waals surface area contributed by atoms with Crippen LogP contribution in [-0.2, 0) is 0 Å². The molecule has 2 atom stereocenters. The van der Waals surface area contributed by atoms with Crippen LogP contribution < -0.4 is 0 Å². The van der Waals surface area contributed by atoms with Gasteiger partial charge in [0.1, 0.15) is 0 Å². The van der Waals surface area contributed by atoms with E-state index in [1.54, 1.807) is 11.3 Å². The number of aromatic nitrogens is 2. The fourth-order valence-corrected chi connectivity index (χ4v) is 3.79. The van der Waals surface area contributed by atoms with Crippen molar-refractivity contribution in [3.05, 3.63) is 45.7 Å². The van der Waals surface area contributed by atoms with E-state index in [0.29, 0.717) is 10.7 Å². The Hall–Kier alpha value is -0.740. The molecular formula is C13H15BrN2S. The van der Waals surface area contributed by atoms with Gasteiger partial charge < -0.3 is 0 Å². The van der Waals surface area contributed by atoms with Crippen LogP contribution in [0.5, 0.6) is 0 Å². The molecule has 0 bridgehead atoms. The number of thiazole rings is 1. The third-order valence-corrected chi connectivity index (χ3v) is 5.57. The van der Waals surface area contributed by atoms with Gasteiger partial charge in [0.25, 0.3) is 0 Å². The van der Waals surface area contributed by atoms with Crippen molar-refractivity contribution >= 4 is 27.3 Å². The van der Waals surface area contributed by atoms with Gasteiger partial charge in [-0.1, -0.05) is 22.9 Å². The molecule has 0 aliphatic heterocycles. The van der Waals surface area contributed by atoms with Gasteiger partial charge in [-0.3, -0.25) is 4.98 Å². The summed E-state index contributed by atoms with van der Waals surface area (Å²) in [6.07, 6.45) is 3.69. The van der Waals surface area contributed by atoms with Crippen molar-refractivity contribution in [3.63, 3.8) is 0 Å². The molecule has 2 aromatic heterocycles. The van der Waals surface area contributed by atoms with Gasteiger partial charge in [-0.15, -0.1) is 11.3 Å². The van der Waals surface area contributed by atoms with E-state index in [0.717, 1.165) is 10.7 Å². The number of rotatable bonds is 3. The van der Waals surface area contributed by atoms with Crippen LogP contribution in [0.15, 0.2) is 24.5 Å². The monoisotopic (exact) mass is 310 g/mol. The molecule has 0 spiro atoms. The lowest BCUT2D eigenvalue weighted by Crippen LogP contribution is -2.02. The number of hydrogen-bond acceptors (Lipinski definition) is 3. The highest BCUT2D eigenvalue weighted by Crippen LogP contribution is 2.41. The Kier molecular flexibility index (Phi) is 3.94. The second-order valence-corrected chi connectivity index (χ2v) is 6.37. The highest BCUT2D eigenvalue weighted by Gasteiger charge is 2.22. The first-order valence-electron chi connectivity index (χ1n) is 5.57. The van der Waals surface area contributed by atoms with Gasteiger partial charge in [0.05, 0.1) is 15.5 Å². The highest BCUT2D eigenvalue weighted by molar-refractivity contribution is 9.09. The van der Waals surface area contributed by atoms with Gasteiger partial charge in [0.2, 0.25) is 0 Å². The summed E-state index contributed by atoms with van der Waals surface area (Å²) in [5.74, 6) is 0.413. The maximum atomic E-state index is 4.48. The van der Waals surface area contributed by atoms with E-state index in [-0.39, 0.29) is 0 Å². The molecule has 0 saturated heterocycles. The number of hydrogen-bond donors (Lipinski definition) is 0. The Morgan fingerprint density at radius 3 is 2.41 bits per heavy atom. The van der Waals surface area contributed by atoms with Gasteiger partial charge in [0, 0.05) is 17.3 Å². The Morgan fingerprint density at radius 2 is 1.88 bits per heavy atom. The van der Waals surface area contributed by atoms with Crippen molar-refractivity contribution in [2.75, 3.05) is 0 Å². The van der Waals surface area contributed by atoms with E-state index in [1.807, 2.05) is 12.4 Å². The molecule has 90 valence electrons. The van der Waals surface area contributed by atoms with E-state index in [4.69, 9.17) is 0 Å². The number of pyridine rings is 1. The largest absolute Gasteiger partial charge is 0.265 e. The number of nitrogens with zero attached hydrogens (tertiary/aromatic N) is 2. The van der Waals surface area contributed by atoms with Crippen molar-refractivity contribution in [1.29, 1.82) is 0 Å². The van der Waals surface area contributed by atoms with E-state index >= 15 is 0 Å². The summed E-state index contributed by atoms with van der Waals surface area (Å²) in [5.41, 5.74) is 2.43. The van der Waals surface area contributed by atoms with Crippen molar-refractivity contribution in [3.8, 4) is 0 Å². The number of halogens is 1. The average molecular weight is 311 g/mol. The van der Waals surface area contributed by atoms with Crippen LogP contribution in [0.1, 0.15) is 38.8 Å². The lowest BCUT2D eigenvalue weighted by atomic mass is 9.97. The molecule has 2 nitrogen and oxygen atoms in total. The van der Waals surface area contributed by atoms with Gasteiger partial charge in [-0.25, -0.2) is 4.98 Å². The van der Waals surface area contributed by atoms with E-state index in [1.165, 1.54) is 10.4 Å². The summed E-state index contributed by atoms with van der Waals surface area (Å²) in [5, 5.41) is 1.13. The summed E-state index contributed by atoms with van der Waals surface area (Å²) in [7, 11) is 0. The van der Waals surface area contributed by atoms with Gasteiger partial charge >= 0.3 is 0 Å². The van der Waals surface area contributed by atoms with E-state index in [2.05, 4.69) is 58.8 Å². The Labute approximate surface area is 114 Å². The zero-order valence-electron chi connectivity index (χ0n) is 10.1. The minimum atomic E-state index is 0.316. The molecule has 2 unspecified atom stereocenters. The van der Waals surface area contributed by atoms with Crippen molar-refractivity contribution in [1.82, 2.24) is 9.97 Å². The molecule has 2 rings (SSSR count). The molecule has 0 saturated carbocycles. The normalized spacial score (nSPS) is 14.6. The first-order valence-corrected chi connectivity index (χ1v) is 7.30. The summed E-state index contributed by atoms with van der Waals surface area (Å²) in [4.78, 5) is 10.2. The number of aryl methyl sites for hydroxylation is 2. The highest BCUT2D eigenvalue weighted by atomic mass is 79.9. The minimum Gasteiger partial charge on any atom is -0.265 e. The smallest absolute Gasteiger partial charge is 0.0900 e. The second-order valence-electron chi connectivity index (χ2n) is 4.15. The molecule has 17 heavy (non-hydrogen) atoms. The van der Waals surface area contributed by atoms with Crippen molar-refractivity contribution < 1.29 is 0 Å². The Balaban J connectivity index is 2.26. The fraction of sp³-hybridized carbons (Fsp3) is 0.385. The number of alkyl halides is 1. The summed E-state index contributed by atoms with van der Waals surface area (Å²) < 4.78 is 0. The van der Waals surface area contributed by atoms with Crippen molar-refractivity contribution in [2.45, 2.75) is 31.5 Å². The predicted molar refractivity (Wildman–Crippen MR) is 75.9 cm³/mol. The van der Waals surface area contributed by atoms with Crippen LogP contribution in [0.4, 0.5) is 0 Å². The lowest BCUT2D eigenvalue weighted by molar-refractivity contribution is 0.754. The zero-order valence-corrected chi connectivity index (χ0v) is 12.5. The molecule has 0 radical (unpaired) electrons. The second kappa shape index (κ2) is 5.27. The zero-order chi connectivity index (χ0) is 12.4. The summed E-state index contributed by atoms with van der Waals surface area (Å²) in [6, 6.07) is 4.14. The fourth-order valence-electron chi connectivity index (χ4n) is 1.87. The molecular weight excluding hydrogens is 296 g/mol. The molecule has 0 amide bonds. The molecule has 2 heterocycles. The van der Waals surface area contributed by atoms with Gasteiger partial charge in [-0.05, 0) is 37.5 Å². The molecule has 0 N–H and O–H groups in total. The predicted octanol–water partition coefficient (Wildman–Crippen LogP) is 4.39. The Morgan fingerprint density at radius 1 is 1.24 bits per heavy atom. The van der Waals surface area contributed by atoms with Crippen molar-refractivity contribution in [2.24, 2.45) is 0 Å². The topological polar surface area (TPSA) is 25.8 Å². The maximum Gasteiger partial charge on any atom is 0.0900 e. The molecule has 2 aromatic rings. The first-order chi connectivity index (χ1) is 8.09. The van der Waals surface area contributed by atoms with E-state index < -0.39 is 0 Å². The molecule has 0 aliphatic carbocycles. The first kappa shape index (κ1) is 12.7. The Bertz CT molecular complexity index is 495. The minimum absolute atomic E-state index is 0.316. The van der Waals surface area contributed by atoms with Gasteiger partial charge in [0.15, 0.2) is 0 Å². The molecule has 4 heteroatoms. The average Bonchev–Trinajstić information content (AvgIpc) is 2.68.